The number of carbonyl (C=O) groups excluding carboxylic acids is 1. The van der Waals surface area contributed by atoms with E-state index in [4.69, 9.17) is 9.47 Å². The molecule has 7 nitrogen and oxygen atoms in total. The van der Waals surface area contributed by atoms with E-state index in [-0.39, 0.29) is 18.9 Å². The maximum absolute atomic E-state index is 12.6. The molecule has 0 aliphatic heterocycles. The minimum absolute atomic E-state index is 0.0959. The lowest BCUT2D eigenvalue weighted by atomic mass is 9.98. The maximum atomic E-state index is 12.6. The van der Waals surface area contributed by atoms with Gasteiger partial charge in [0.15, 0.2) is 0 Å². The second-order valence-corrected chi connectivity index (χ2v) is 8.85. The zero-order valence-electron chi connectivity index (χ0n) is 20.3. The molecule has 0 radical (unpaired) electrons. The minimum atomic E-state index is -1.13. The van der Waals surface area contributed by atoms with Crippen LogP contribution < -0.4 is 10.1 Å². The smallest absolute Gasteiger partial charge is 0.407 e. The fraction of sp³-hybridized carbons (Fsp3) is 0.167. The van der Waals surface area contributed by atoms with Gasteiger partial charge in [0.25, 0.3) is 0 Å². The highest BCUT2D eigenvalue weighted by atomic mass is 16.5. The molecule has 1 aliphatic carbocycles. The van der Waals surface area contributed by atoms with E-state index in [1.807, 2.05) is 66.7 Å². The lowest BCUT2D eigenvalue weighted by Gasteiger charge is -2.17. The van der Waals surface area contributed by atoms with Gasteiger partial charge in [-0.1, -0.05) is 72.8 Å². The summed E-state index contributed by atoms with van der Waals surface area (Å²) in [6.07, 6.45) is 1.09. The first-order valence-electron chi connectivity index (χ1n) is 12.0. The number of aromatic nitrogens is 1. The summed E-state index contributed by atoms with van der Waals surface area (Å²) in [6.45, 7) is 0.122. The topological polar surface area (TPSA) is 97.8 Å². The van der Waals surface area contributed by atoms with Crippen LogP contribution >= 0.6 is 0 Å². The molecule has 1 aliphatic rings. The number of aliphatic carboxylic acids is 1. The van der Waals surface area contributed by atoms with E-state index < -0.39 is 18.1 Å². The van der Waals surface area contributed by atoms with Crippen LogP contribution in [-0.2, 0) is 16.0 Å². The fourth-order valence-electron chi connectivity index (χ4n) is 4.72. The first-order valence-corrected chi connectivity index (χ1v) is 12.0. The van der Waals surface area contributed by atoms with E-state index in [9.17, 15) is 14.7 Å². The molecule has 0 saturated heterocycles. The van der Waals surface area contributed by atoms with Crippen LogP contribution in [0.15, 0.2) is 91.1 Å². The van der Waals surface area contributed by atoms with Crippen LogP contribution in [0.25, 0.3) is 22.3 Å². The number of pyridine rings is 1. The van der Waals surface area contributed by atoms with Gasteiger partial charge in [0.05, 0.1) is 7.11 Å². The van der Waals surface area contributed by atoms with Crippen LogP contribution in [0.3, 0.4) is 0 Å². The van der Waals surface area contributed by atoms with Gasteiger partial charge < -0.3 is 19.9 Å². The van der Waals surface area contributed by atoms with Gasteiger partial charge >= 0.3 is 12.1 Å². The third-order valence-corrected chi connectivity index (χ3v) is 6.61. The molecule has 4 aromatic rings. The van der Waals surface area contributed by atoms with E-state index >= 15 is 0 Å². The average Bonchev–Trinajstić information content (AvgIpc) is 3.25. The van der Waals surface area contributed by atoms with Gasteiger partial charge in [-0.3, -0.25) is 0 Å². The Balaban J connectivity index is 1.22. The number of fused-ring (bicyclic) bond motifs is 3. The number of carbonyl (C=O) groups is 2. The average molecular weight is 495 g/mol. The highest BCUT2D eigenvalue weighted by Crippen LogP contribution is 2.44. The summed E-state index contributed by atoms with van der Waals surface area (Å²) in [7, 11) is 1.56. The first kappa shape index (κ1) is 24.1. The molecule has 1 heterocycles. The minimum Gasteiger partial charge on any atom is -0.481 e. The molecule has 0 spiro atoms. The molecule has 186 valence electrons. The zero-order valence-corrected chi connectivity index (χ0v) is 20.3. The van der Waals surface area contributed by atoms with Crippen molar-refractivity contribution in [3.05, 3.63) is 108 Å². The van der Waals surface area contributed by atoms with Gasteiger partial charge in [0, 0.05) is 30.2 Å². The lowest BCUT2D eigenvalue weighted by Crippen LogP contribution is -2.42. The Morgan fingerprint density at radius 3 is 2.08 bits per heavy atom. The summed E-state index contributed by atoms with van der Waals surface area (Å²) in [5.74, 6) is -0.692. The Bertz CT molecular complexity index is 1370. The zero-order chi connectivity index (χ0) is 25.8. The van der Waals surface area contributed by atoms with Crippen molar-refractivity contribution in [2.24, 2.45) is 0 Å². The van der Waals surface area contributed by atoms with Crippen molar-refractivity contribution in [1.82, 2.24) is 10.3 Å². The van der Waals surface area contributed by atoms with Crippen molar-refractivity contribution < 1.29 is 24.2 Å². The monoisotopic (exact) mass is 494 g/mol. The lowest BCUT2D eigenvalue weighted by molar-refractivity contribution is -0.139. The number of nitrogens with one attached hydrogen (secondary N) is 1. The van der Waals surface area contributed by atoms with Crippen LogP contribution in [0.2, 0.25) is 0 Å². The molecule has 0 bridgehead atoms. The standard InChI is InChI=1S/C30H26N2O5/c1-36-28-15-14-21(17-31-28)20-12-10-19(11-13-20)16-27(29(33)34)32-30(35)37-18-26-24-8-4-2-6-22(24)23-7-3-5-9-25(23)26/h2-15,17,26-27H,16,18H2,1H3,(H,32,35)(H,33,34). The molecule has 1 aromatic heterocycles. The van der Waals surface area contributed by atoms with Gasteiger partial charge in [0.2, 0.25) is 5.88 Å². The van der Waals surface area contributed by atoms with Crippen molar-refractivity contribution in [3.8, 4) is 28.1 Å². The Kier molecular flexibility index (Phi) is 6.85. The quantitative estimate of drug-likeness (QED) is 0.345. The number of carboxylic acids is 1. The number of alkyl carbamates (subject to hydrolysis) is 1. The summed E-state index contributed by atoms with van der Waals surface area (Å²) in [6, 6.07) is 26.1. The number of ether oxygens (including phenoxy) is 2. The van der Waals surface area contributed by atoms with Crippen molar-refractivity contribution >= 4 is 12.1 Å². The number of rotatable bonds is 8. The second kappa shape index (κ2) is 10.5. The molecule has 37 heavy (non-hydrogen) atoms. The van der Waals surface area contributed by atoms with E-state index in [1.54, 1.807) is 19.4 Å². The summed E-state index contributed by atoms with van der Waals surface area (Å²) >= 11 is 0. The molecule has 1 amide bonds. The fourth-order valence-corrected chi connectivity index (χ4v) is 4.72. The molecule has 3 aromatic carbocycles. The maximum Gasteiger partial charge on any atom is 0.407 e. The molecular weight excluding hydrogens is 468 g/mol. The molecule has 5 rings (SSSR count). The van der Waals surface area contributed by atoms with Crippen LogP contribution in [0.5, 0.6) is 5.88 Å². The van der Waals surface area contributed by atoms with E-state index in [0.717, 1.165) is 38.9 Å². The summed E-state index contributed by atoms with van der Waals surface area (Å²) in [5, 5.41) is 12.2. The van der Waals surface area contributed by atoms with E-state index in [0.29, 0.717) is 5.88 Å². The summed E-state index contributed by atoms with van der Waals surface area (Å²) in [5.41, 5.74) is 7.08. The number of carboxylic acid groups (broad SMARTS) is 1. The summed E-state index contributed by atoms with van der Waals surface area (Å²) < 4.78 is 10.6. The van der Waals surface area contributed by atoms with Crippen molar-refractivity contribution in [1.29, 1.82) is 0 Å². The third-order valence-electron chi connectivity index (χ3n) is 6.61. The summed E-state index contributed by atoms with van der Waals surface area (Å²) in [4.78, 5) is 28.7. The van der Waals surface area contributed by atoms with E-state index in [1.165, 1.54) is 0 Å². The predicted molar refractivity (Wildman–Crippen MR) is 140 cm³/mol. The number of nitrogens with zero attached hydrogens (tertiary/aromatic N) is 1. The molecule has 0 fully saturated rings. The van der Waals surface area contributed by atoms with Gasteiger partial charge in [-0.15, -0.1) is 0 Å². The predicted octanol–water partition coefficient (Wildman–Crippen LogP) is 5.29. The molecule has 1 atom stereocenters. The highest BCUT2D eigenvalue weighted by molar-refractivity contribution is 5.81. The Morgan fingerprint density at radius 1 is 0.892 bits per heavy atom. The number of amides is 1. The third kappa shape index (κ3) is 5.16. The van der Waals surface area contributed by atoms with Crippen molar-refractivity contribution in [3.63, 3.8) is 0 Å². The number of benzene rings is 3. The highest BCUT2D eigenvalue weighted by Gasteiger charge is 2.29. The van der Waals surface area contributed by atoms with Gasteiger partial charge in [-0.25, -0.2) is 14.6 Å². The molecule has 2 N–H and O–H groups in total. The molecular formula is C30H26N2O5. The van der Waals surface area contributed by atoms with Crippen molar-refractivity contribution in [2.75, 3.05) is 13.7 Å². The van der Waals surface area contributed by atoms with Crippen molar-refractivity contribution in [2.45, 2.75) is 18.4 Å². The van der Waals surface area contributed by atoms with Gasteiger partial charge in [-0.05, 0) is 39.4 Å². The SMILES string of the molecule is COc1ccc(-c2ccc(CC(NC(=O)OCC3c4ccccc4-c4ccccc43)C(=O)O)cc2)cn1. The number of hydrogen-bond donors (Lipinski definition) is 2. The second-order valence-electron chi connectivity index (χ2n) is 8.85. The van der Waals surface area contributed by atoms with Gasteiger partial charge in [0.1, 0.15) is 12.6 Å². The van der Waals surface area contributed by atoms with Crippen LogP contribution in [0.1, 0.15) is 22.6 Å². The Hall–Kier alpha value is -4.65. The largest absolute Gasteiger partial charge is 0.481 e. The van der Waals surface area contributed by atoms with E-state index in [2.05, 4.69) is 22.4 Å². The van der Waals surface area contributed by atoms with Crippen LogP contribution in [0.4, 0.5) is 4.79 Å². The number of methoxy groups -OCH3 is 1. The van der Waals surface area contributed by atoms with Crippen LogP contribution in [-0.4, -0.2) is 41.9 Å². The molecule has 7 heteroatoms. The number of hydrogen-bond acceptors (Lipinski definition) is 5. The van der Waals surface area contributed by atoms with Crippen LogP contribution in [0, 0.1) is 0 Å². The normalized spacial score (nSPS) is 12.8. The molecule has 1 unspecified atom stereocenters. The Morgan fingerprint density at radius 2 is 1.51 bits per heavy atom. The first-order chi connectivity index (χ1) is 18.0. The molecule has 0 saturated carbocycles. The van der Waals surface area contributed by atoms with Gasteiger partial charge in [-0.2, -0.15) is 0 Å². The Labute approximate surface area is 214 Å².